The lowest BCUT2D eigenvalue weighted by Crippen LogP contribution is -2.20. The van der Waals surface area contributed by atoms with Crippen LogP contribution >= 0.6 is 0 Å². The fraction of sp³-hybridized carbons (Fsp3) is 0.222. The fourth-order valence-electron chi connectivity index (χ4n) is 2.71. The average molecular weight is 376 g/mol. The van der Waals surface area contributed by atoms with E-state index in [1.807, 2.05) is 0 Å². The Labute approximate surface area is 150 Å². The summed E-state index contributed by atoms with van der Waals surface area (Å²) < 4.78 is 42.1. The molecule has 0 saturated carbocycles. The van der Waals surface area contributed by atoms with Gasteiger partial charge < -0.3 is 14.2 Å². The highest BCUT2D eigenvalue weighted by molar-refractivity contribution is 7.92. The van der Waals surface area contributed by atoms with Crippen LogP contribution in [0.4, 0.5) is 0 Å². The van der Waals surface area contributed by atoms with Crippen molar-refractivity contribution in [1.82, 2.24) is 0 Å². The van der Waals surface area contributed by atoms with Crippen LogP contribution in [-0.2, 0) is 19.3 Å². The van der Waals surface area contributed by atoms with Gasteiger partial charge in [0.1, 0.15) is 21.3 Å². The standard InChI is InChI=1S/C18H16O7S/c1-3-23-17(19)11-7-5-9-13-15(11)26(21,22)16-12(18(20)24-4-2)8-6-10-14(16)25-13/h5-10H,3-4H2,1-2H3. The fourth-order valence-corrected chi connectivity index (χ4v) is 4.54. The van der Waals surface area contributed by atoms with Gasteiger partial charge in [0.15, 0.2) is 0 Å². The molecule has 0 fully saturated rings. The van der Waals surface area contributed by atoms with Crippen LogP contribution in [0.1, 0.15) is 34.6 Å². The molecule has 8 heteroatoms. The topological polar surface area (TPSA) is 96.0 Å². The van der Waals surface area contributed by atoms with Gasteiger partial charge in [-0.15, -0.1) is 0 Å². The number of sulfone groups is 1. The molecule has 136 valence electrons. The average Bonchev–Trinajstić information content (AvgIpc) is 2.61. The van der Waals surface area contributed by atoms with Crippen LogP contribution in [0, 0.1) is 0 Å². The minimum Gasteiger partial charge on any atom is -0.462 e. The van der Waals surface area contributed by atoms with E-state index < -0.39 is 21.8 Å². The third-order valence-electron chi connectivity index (χ3n) is 3.71. The minimum atomic E-state index is -4.22. The number of benzene rings is 2. The second-order valence-corrected chi connectivity index (χ2v) is 7.14. The summed E-state index contributed by atoms with van der Waals surface area (Å²) in [4.78, 5) is 23.8. The molecule has 3 rings (SSSR count). The smallest absolute Gasteiger partial charge is 0.339 e. The van der Waals surface area contributed by atoms with Crippen LogP contribution in [0.15, 0.2) is 46.2 Å². The Morgan fingerprint density at radius 2 is 1.27 bits per heavy atom. The maximum atomic E-state index is 13.3. The maximum absolute atomic E-state index is 13.3. The molecule has 0 bridgehead atoms. The lowest BCUT2D eigenvalue weighted by molar-refractivity contribution is 0.0514. The van der Waals surface area contributed by atoms with Crippen molar-refractivity contribution in [3.05, 3.63) is 47.5 Å². The number of hydrogen-bond donors (Lipinski definition) is 0. The Morgan fingerprint density at radius 3 is 1.65 bits per heavy atom. The van der Waals surface area contributed by atoms with Crippen molar-refractivity contribution >= 4 is 21.8 Å². The molecule has 26 heavy (non-hydrogen) atoms. The molecule has 1 aliphatic heterocycles. The zero-order chi connectivity index (χ0) is 18.9. The molecule has 1 heterocycles. The van der Waals surface area contributed by atoms with E-state index in [1.165, 1.54) is 36.4 Å². The first-order valence-corrected chi connectivity index (χ1v) is 9.43. The largest absolute Gasteiger partial charge is 0.462 e. The third-order valence-corrected chi connectivity index (χ3v) is 5.62. The molecule has 0 saturated heterocycles. The molecule has 1 aliphatic rings. The van der Waals surface area contributed by atoms with Crippen molar-refractivity contribution in [1.29, 1.82) is 0 Å². The second-order valence-electron chi connectivity index (χ2n) is 5.31. The van der Waals surface area contributed by atoms with E-state index in [0.29, 0.717) is 0 Å². The van der Waals surface area contributed by atoms with Crippen molar-refractivity contribution < 1.29 is 32.2 Å². The summed E-state index contributed by atoms with van der Waals surface area (Å²) in [6.45, 7) is 3.42. The van der Waals surface area contributed by atoms with Crippen molar-refractivity contribution in [3.8, 4) is 11.5 Å². The molecule has 0 amide bonds. The molecule has 2 aromatic carbocycles. The van der Waals surface area contributed by atoms with E-state index in [4.69, 9.17) is 14.2 Å². The van der Waals surface area contributed by atoms with Crippen molar-refractivity contribution in [2.24, 2.45) is 0 Å². The SMILES string of the molecule is CCOC(=O)c1cccc2c1S(=O)(=O)c1c(cccc1C(=O)OCC)O2. The lowest BCUT2D eigenvalue weighted by atomic mass is 10.2. The second kappa shape index (κ2) is 6.80. The summed E-state index contributed by atoms with van der Waals surface area (Å²) in [6.07, 6.45) is 0. The molecular formula is C18H16O7S. The zero-order valence-electron chi connectivity index (χ0n) is 14.1. The summed E-state index contributed by atoms with van der Waals surface area (Å²) in [6, 6.07) is 8.57. The molecule has 0 N–H and O–H groups in total. The number of carbonyl (C=O) groups is 2. The van der Waals surface area contributed by atoms with E-state index >= 15 is 0 Å². The zero-order valence-corrected chi connectivity index (χ0v) is 15.0. The number of fused-ring (bicyclic) bond motifs is 2. The van der Waals surface area contributed by atoms with Crippen LogP contribution in [0.25, 0.3) is 0 Å². The quantitative estimate of drug-likeness (QED) is 0.646. The van der Waals surface area contributed by atoms with E-state index in [1.54, 1.807) is 13.8 Å². The van der Waals surface area contributed by atoms with Crippen LogP contribution in [0.5, 0.6) is 11.5 Å². The molecule has 0 aliphatic carbocycles. The van der Waals surface area contributed by atoms with E-state index in [2.05, 4.69) is 0 Å². The van der Waals surface area contributed by atoms with Gasteiger partial charge in [0.05, 0.1) is 24.3 Å². The Hall–Kier alpha value is -2.87. The lowest BCUT2D eigenvalue weighted by Gasteiger charge is -2.23. The Morgan fingerprint density at radius 1 is 0.846 bits per heavy atom. The highest BCUT2D eigenvalue weighted by Crippen LogP contribution is 2.45. The predicted octanol–water partition coefficient (Wildman–Crippen LogP) is 2.98. The number of rotatable bonds is 4. The van der Waals surface area contributed by atoms with Crippen LogP contribution in [0.2, 0.25) is 0 Å². The van der Waals surface area contributed by atoms with Gasteiger partial charge in [-0.05, 0) is 38.1 Å². The summed E-state index contributed by atoms with van der Waals surface area (Å²) in [7, 11) is -4.22. The van der Waals surface area contributed by atoms with Crippen molar-refractivity contribution in [3.63, 3.8) is 0 Å². The summed E-state index contributed by atoms with van der Waals surface area (Å²) >= 11 is 0. The minimum absolute atomic E-state index is 0.00376. The molecule has 0 spiro atoms. The van der Waals surface area contributed by atoms with Gasteiger partial charge in [0.2, 0.25) is 9.84 Å². The van der Waals surface area contributed by atoms with Crippen molar-refractivity contribution in [2.45, 2.75) is 23.6 Å². The normalized spacial score (nSPS) is 13.8. The third kappa shape index (κ3) is 2.82. The highest BCUT2D eigenvalue weighted by atomic mass is 32.2. The Bertz CT molecular complexity index is 919. The first-order chi connectivity index (χ1) is 12.4. The van der Waals surface area contributed by atoms with E-state index in [-0.39, 0.29) is 45.6 Å². The van der Waals surface area contributed by atoms with Gasteiger partial charge in [-0.1, -0.05) is 12.1 Å². The monoisotopic (exact) mass is 376 g/mol. The highest BCUT2D eigenvalue weighted by Gasteiger charge is 2.39. The maximum Gasteiger partial charge on any atom is 0.339 e. The van der Waals surface area contributed by atoms with Gasteiger partial charge in [-0.2, -0.15) is 0 Å². The van der Waals surface area contributed by atoms with Crippen LogP contribution < -0.4 is 4.74 Å². The molecule has 2 aromatic rings. The predicted molar refractivity (Wildman–Crippen MR) is 90.3 cm³/mol. The van der Waals surface area contributed by atoms with Gasteiger partial charge in [-0.3, -0.25) is 0 Å². The molecular weight excluding hydrogens is 360 g/mol. The summed E-state index contributed by atoms with van der Waals surface area (Å²) in [5.74, 6) is -1.56. The van der Waals surface area contributed by atoms with Crippen LogP contribution in [-0.4, -0.2) is 33.6 Å². The summed E-state index contributed by atoms with van der Waals surface area (Å²) in [5.41, 5.74) is -0.290. The van der Waals surface area contributed by atoms with E-state index in [0.717, 1.165) is 0 Å². The molecule has 0 radical (unpaired) electrons. The first-order valence-electron chi connectivity index (χ1n) is 7.95. The van der Waals surface area contributed by atoms with Gasteiger partial charge in [0.25, 0.3) is 0 Å². The Kier molecular flexibility index (Phi) is 4.69. The van der Waals surface area contributed by atoms with Gasteiger partial charge >= 0.3 is 11.9 Å². The molecule has 0 atom stereocenters. The molecule has 0 unspecified atom stereocenters. The number of ether oxygens (including phenoxy) is 3. The van der Waals surface area contributed by atoms with Gasteiger partial charge in [0, 0.05) is 0 Å². The Balaban J connectivity index is 2.25. The molecule has 0 aromatic heterocycles. The van der Waals surface area contributed by atoms with Crippen LogP contribution in [0.3, 0.4) is 0 Å². The number of esters is 2. The number of hydrogen-bond acceptors (Lipinski definition) is 7. The summed E-state index contributed by atoms with van der Waals surface area (Å²) in [5, 5.41) is 0. The van der Waals surface area contributed by atoms with Crippen molar-refractivity contribution in [2.75, 3.05) is 13.2 Å². The van der Waals surface area contributed by atoms with Gasteiger partial charge in [-0.25, -0.2) is 18.0 Å². The first kappa shape index (κ1) is 17.9. The number of carbonyl (C=O) groups excluding carboxylic acids is 2. The van der Waals surface area contributed by atoms with E-state index in [9.17, 15) is 18.0 Å². The molecule has 7 nitrogen and oxygen atoms in total.